The molecule has 0 aliphatic carbocycles. The first-order valence-electron chi connectivity index (χ1n) is 5.20. The molecule has 0 aliphatic heterocycles. The summed E-state index contributed by atoms with van der Waals surface area (Å²) in [7, 11) is 0. The molecule has 1 aromatic rings. The monoisotopic (exact) mass is 175 g/mol. The second-order valence-electron chi connectivity index (χ2n) is 3.70. The van der Waals surface area contributed by atoms with Crippen molar-refractivity contribution in [2.24, 2.45) is 5.92 Å². The summed E-state index contributed by atoms with van der Waals surface area (Å²) in [5, 5.41) is 0. The lowest BCUT2D eigenvalue weighted by Crippen LogP contribution is -1.99. The van der Waals surface area contributed by atoms with Crippen molar-refractivity contribution in [3.05, 3.63) is 42.8 Å². The normalized spacial score (nSPS) is 12.8. The van der Waals surface area contributed by atoms with Crippen LogP contribution in [0.4, 0.5) is 0 Å². The van der Waals surface area contributed by atoms with Crippen LogP contribution in [0, 0.1) is 12.8 Å². The molecule has 0 aliphatic rings. The molecule has 1 rings (SSSR count). The van der Waals surface area contributed by atoms with Gasteiger partial charge in [-0.3, -0.25) is 0 Å². The van der Waals surface area contributed by atoms with Gasteiger partial charge in [0, 0.05) is 0 Å². The second kappa shape index (κ2) is 5.80. The Morgan fingerprint density at radius 2 is 1.92 bits per heavy atom. The van der Waals surface area contributed by atoms with Gasteiger partial charge in [0.15, 0.2) is 0 Å². The van der Waals surface area contributed by atoms with Gasteiger partial charge in [-0.25, -0.2) is 0 Å². The zero-order valence-electron chi connectivity index (χ0n) is 8.50. The molecule has 0 bridgehead atoms. The summed E-state index contributed by atoms with van der Waals surface area (Å²) in [6.07, 6.45) is 4.97. The minimum absolute atomic E-state index is 0.586. The van der Waals surface area contributed by atoms with Gasteiger partial charge in [0.2, 0.25) is 0 Å². The largest absolute Gasteiger partial charge is 0.0654 e. The smallest absolute Gasteiger partial charge is 0.0250 e. The zero-order valence-corrected chi connectivity index (χ0v) is 8.50. The molecule has 0 spiro atoms. The van der Waals surface area contributed by atoms with Gasteiger partial charge in [-0.2, -0.15) is 0 Å². The van der Waals surface area contributed by atoms with E-state index in [9.17, 15) is 0 Å². The number of hydrogen-bond acceptors (Lipinski definition) is 0. The first kappa shape index (κ1) is 10.3. The SMILES string of the molecule is [CH2]C(CCCC)Cc1ccccc1. The molecule has 71 valence electrons. The molecular weight excluding hydrogens is 156 g/mol. The first-order valence-corrected chi connectivity index (χ1v) is 5.20. The van der Waals surface area contributed by atoms with Crippen LogP contribution >= 0.6 is 0 Å². The fourth-order valence-corrected chi connectivity index (χ4v) is 1.54. The Morgan fingerprint density at radius 1 is 1.23 bits per heavy atom. The van der Waals surface area contributed by atoms with Gasteiger partial charge < -0.3 is 0 Å². The Bertz CT molecular complexity index is 213. The van der Waals surface area contributed by atoms with Crippen molar-refractivity contribution in [2.75, 3.05) is 0 Å². The van der Waals surface area contributed by atoms with E-state index in [1.54, 1.807) is 0 Å². The molecule has 1 unspecified atom stereocenters. The number of rotatable bonds is 5. The maximum atomic E-state index is 4.17. The average Bonchev–Trinajstić information content (AvgIpc) is 2.16. The topological polar surface area (TPSA) is 0 Å². The second-order valence-corrected chi connectivity index (χ2v) is 3.70. The lowest BCUT2D eigenvalue weighted by Gasteiger charge is -2.09. The van der Waals surface area contributed by atoms with E-state index in [0.29, 0.717) is 5.92 Å². The van der Waals surface area contributed by atoms with Crippen LogP contribution < -0.4 is 0 Å². The predicted molar refractivity (Wildman–Crippen MR) is 58.5 cm³/mol. The fraction of sp³-hybridized carbons (Fsp3) is 0.462. The van der Waals surface area contributed by atoms with E-state index in [-0.39, 0.29) is 0 Å². The van der Waals surface area contributed by atoms with Crippen molar-refractivity contribution in [1.29, 1.82) is 0 Å². The summed E-state index contributed by atoms with van der Waals surface area (Å²) < 4.78 is 0. The first-order chi connectivity index (χ1) is 6.33. The van der Waals surface area contributed by atoms with Crippen molar-refractivity contribution in [3.8, 4) is 0 Å². The van der Waals surface area contributed by atoms with Gasteiger partial charge in [0.05, 0.1) is 0 Å². The third-order valence-electron chi connectivity index (χ3n) is 2.33. The van der Waals surface area contributed by atoms with Gasteiger partial charge in [0.1, 0.15) is 0 Å². The minimum atomic E-state index is 0.586. The number of benzene rings is 1. The summed E-state index contributed by atoms with van der Waals surface area (Å²) >= 11 is 0. The molecular formula is C13H19. The molecule has 0 heterocycles. The van der Waals surface area contributed by atoms with Crippen molar-refractivity contribution < 1.29 is 0 Å². The lowest BCUT2D eigenvalue weighted by molar-refractivity contribution is 0.549. The third-order valence-corrected chi connectivity index (χ3v) is 2.33. The van der Waals surface area contributed by atoms with Crippen molar-refractivity contribution in [2.45, 2.75) is 32.6 Å². The van der Waals surface area contributed by atoms with E-state index >= 15 is 0 Å². The zero-order chi connectivity index (χ0) is 9.52. The maximum absolute atomic E-state index is 4.17. The highest BCUT2D eigenvalue weighted by Gasteiger charge is 2.01. The highest BCUT2D eigenvalue weighted by Crippen LogP contribution is 2.13. The van der Waals surface area contributed by atoms with Crippen LogP contribution in [0.25, 0.3) is 0 Å². The average molecular weight is 175 g/mol. The summed E-state index contributed by atoms with van der Waals surface area (Å²) in [5.41, 5.74) is 1.42. The Labute approximate surface area is 82.0 Å². The van der Waals surface area contributed by atoms with E-state index in [4.69, 9.17) is 0 Å². The maximum Gasteiger partial charge on any atom is -0.0250 e. The molecule has 0 N–H and O–H groups in total. The predicted octanol–water partition coefficient (Wildman–Crippen LogP) is 3.87. The Balaban J connectivity index is 2.32. The van der Waals surface area contributed by atoms with Gasteiger partial charge >= 0.3 is 0 Å². The van der Waals surface area contributed by atoms with Crippen LogP contribution in [-0.2, 0) is 6.42 Å². The Kier molecular flexibility index (Phi) is 4.59. The minimum Gasteiger partial charge on any atom is -0.0654 e. The van der Waals surface area contributed by atoms with Crippen molar-refractivity contribution in [1.82, 2.24) is 0 Å². The summed E-state index contributed by atoms with van der Waals surface area (Å²) in [6, 6.07) is 10.6. The van der Waals surface area contributed by atoms with E-state index < -0.39 is 0 Å². The molecule has 0 nitrogen and oxygen atoms in total. The molecule has 1 atom stereocenters. The Hall–Kier alpha value is -0.780. The quantitative estimate of drug-likeness (QED) is 0.637. The number of hydrogen-bond donors (Lipinski definition) is 0. The highest BCUT2D eigenvalue weighted by atomic mass is 14.1. The van der Waals surface area contributed by atoms with E-state index in [2.05, 4.69) is 44.2 Å². The van der Waals surface area contributed by atoms with Crippen LogP contribution in [0.2, 0.25) is 0 Å². The number of unbranched alkanes of at least 4 members (excludes halogenated alkanes) is 1. The van der Waals surface area contributed by atoms with Crippen LogP contribution in [0.1, 0.15) is 31.7 Å². The highest BCUT2D eigenvalue weighted by molar-refractivity contribution is 5.15. The standard InChI is InChI=1S/C13H19/c1-3-4-8-12(2)11-13-9-6-5-7-10-13/h5-7,9-10,12H,2-4,8,11H2,1H3. The molecule has 0 amide bonds. The molecule has 0 saturated heterocycles. The van der Waals surface area contributed by atoms with E-state index in [1.165, 1.54) is 24.8 Å². The van der Waals surface area contributed by atoms with E-state index in [1.807, 2.05) is 0 Å². The molecule has 0 aromatic heterocycles. The van der Waals surface area contributed by atoms with Crippen molar-refractivity contribution in [3.63, 3.8) is 0 Å². The summed E-state index contributed by atoms with van der Waals surface area (Å²) in [4.78, 5) is 0. The van der Waals surface area contributed by atoms with Crippen LogP contribution in [0.3, 0.4) is 0 Å². The van der Waals surface area contributed by atoms with Gasteiger partial charge in [-0.15, -0.1) is 0 Å². The fourth-order valence-electron chi connectivity index (χ4n) is 1.54. The van der Waals surface area contributed by atoms with Gasteiger partial charge in [-0.05, 0) is 24.8 Å². The molecule has 1 aromatic carbocycles. The van der Waals surface area contributed by atoms with Crippen LogP contribution in [0.5, 0.6) is 0 Å². The summed E-state index contributed by atoms with van der Waals surface area (Å²) in [6.45, 7) is 6.40. The van der Waals surface area contributed by atoms with Crippen molar-refractivity contribution >= 4 is 0 Å². The molecule has 13 heavy (non-hydrogen) atoms. The van der Waals surface area contributed by atoms with E-state index in [0.717, 1.165) is 6.42 Å². The van der Waals surface area contributed by atoms with Crippen LogP contribution in [0.15, 0.2) is 30.3 Å². The third kappa shape index (κ3) is 4.12. The summed E-state index contributed by atoms with van der Waals surface area (Å²) in [5.74, 6) is 0.586. The van der Waals surface area contributed by atoms with Gasteiger partial charge in [-0.1, -0.05) is 56.5 Å². The molecule has 0 fully saturated rings. The van der Waals surface area contributed by atoms with Gasteiger partial charge in [0.25, 0.3) is 0 Å². The lowest BCUT2D eigenvalue weighted by atomic mass is 9.96. The molecule has 0 heteroatoms. The van der Waals surface area contributed by atoms with Crippen LogP contribution in [-0.4, -0.2) is 0 Å². The molecule has 0 saturated carbocycles. The Morgan fingerprint density at radius 3 is 2.54 bits per heavy atom. The molecule has 1 radical (unpaired) electrons.